The van der Waals surface area contributed by atoms with Crippen LogP contribution in [0.4, 0.5) is 0 Å². The molecule has 0 saturated heterocycles. The van der Waals surface area contributed by atoms with Crippen molar-refractivity contribution >= 4 is 10.9 Å². The maximum atomic E-state index is 3.10. The predicted molar refractivity (Wildman–Crippen MR) is 46.6 cm³/mol. The molecule has 73 valence electrons. The van der Waals surface area contributed by atoms with Gasteiger partial charge in [0.15, 0.2) is 0 Å². The molecule has 0 aliphatic carbocycles. The second-order valence-corrected chi connectivity index (χ2v) is 2.87. The van der Waals surface area contributed by atoms with Gasteiger partial charge in [0.1, 0.15) is 0 Å². The first-order chi connectivity index (χ1) is 5.29. The van der Waals surface area contributed by atoms with E-state index in [9.17, 15) is 0 Å². The SMILES string of the molecule is Cc1[c-][nH]c2cccc(C)c12.[Cl-].[Cl-].[Zr+3]. The van der Waals surface area contributed by atoms with E-state index in [2.05, 4.69) is 43.2 Å². The van der Waals surface area contributed by atoms with E-state index < -0.39 is 0 Å². The summed E-state index contributed by atoms with van der Waals surface area (Å²) in [6.07, 6.45) is 3.09. The van der Waals surface area contributed by atoms with Crippen molar-refractivity contribution in [1.82, 2.24) is 4.98 Å². The second-order valence-electron chi connectivity index (χ2n) is 2.87. The fourth-order valence-electron chi connectivity index (χ4n) is 1.49. The van der Waals surface area contributed by atoms with Gasteiger partial charge < -0.3 is 29.8 Å². The number of benzene rings is 1. The van der Waals surface area contributed by atoms with Gasteiger partial charge in [0.2, 0.25) is 0 Å². The minimum Gasteiger partial charge on any atom is -1.00 e. The average Bonchev–Trinajstić information content (AvgIpc) is 2.34. The number of halogens is 2. The number of rotatable bonds is 0. The zero-order valence-corrected chi connectivity index (χ0v) is 12.0. The quantitative estimate of drug-likeness (QED) is 0.488. The number of H-pyrrole nitrogens is 1. The van der Waals surface area contributed by atoms with Crippen LogP contribution in [0.5, 0.6) is 0 Å². The molecule has 1 aromatic heterocycles. The largest absolute Gasteiger partial charge is 3.00 e. The van der Waals surface area contributed by atoms with Crippen LogP contribution >= 0.6 is 0 Å². The Labute approximate surface area is 116 Å². The molecule has 0 bridgehead atoms. The van der Waals surface area contributed by atoms with Crippen LogP contribution < -0.4 is 24.8 Å². The molecule has 0 unspecified atom stereocenters. The molecule has 1 aromatic carbocycles. The fraction of sp³-hybridized carbons (Fsp3) is 0.200. The van der Waals surface area contributed by atoms with Crippen LogP contribution in [0.1, 0.15) is 11.1 Å². The summed E-state index contributed by atoms with van der Waals surface area (Å²) in [6, 6.07) is 6.25. The summed E-state index contributed by atoms with van der Waals surface area (Å²) in [7, 11) is 0. The fourth-order valence-corrected chi connectivity index (χ4v) is 1.49. The summed E-state index contributed by atoms with van der Waals surface area (Å²) < 4.78 is 0. The standard InChI is InChI=1S/C10H10N.2ClH.Zr/c1-7-4-3-5-9-10(7)8(2)6-11-9;;;/h3-5,11H,1-2H3;2*1H;/q-1;;;+3/p-2. The number of nitrogens with one attached hydrogen (secondary N) is 1. The summed E-state index contributed by atoms with van der Waals surface area (Å²) in [5.41, 5.74) is 3.71. The van der Waals surface area contributed by atoms with E-state index in [0.717, 1.165) is 0 Å². The van der Waals surface area contributed by atoms with Gasteiger partial charge in [-0.2, -0.15) is 5.56 Å². The Balaban J connectivity index is 0. The van der Waals surface area contributed by atoms with Crippen LogP contribution in [0.2, 0.25) is 0 Å². The van der Waals surface area contributed by atoms with Crippen molar-refractivity contribution in [2.45, 2.75) is 13.8 Å². The molecular weight excluding hydrogens is 296 g/mol. The van der Waals surface area contributed by atoms with Crippen LogP contribution in [-0.4, -0.2) is 4.98 Å². The van der Waals surface area contributed by atoms with Crippen molar-refractivity contribution in [2.75, 3.05) is 0 Å². The number of hydrogen-bond donors (Lipinski definition) is 1. The molecule has 1 N–H and O–H groups in total. The number of aryl methyl sites for hydroxylation is 2. The van der Waals surface area contributed by atoms with E-state index in [-0.39, 0.29) is 51.0 Å². The van der Waals surface area contributed by atoms with E-state index in [4.69, 9.17) is 0 Å². The summed E-state index contributed by atoms with van der Waals surface area (Å²) in [5, 5.41) is 1.31. The number of fused-ring (bicyclic) bond motifs is 1. The monoisotopic (exact) mass is 304 g/mol. The van der Waals surface area contributed by atoms with Crippen molar-refractivity contribution in [3.8, 4) is 0 Å². The molecule has 0 spiro atoms. The smallest absolute Gasteiger partial charge is 1.00 e. The topological polar surface area (TPSA) is 15.8 Å². The minimum absolute atomic E-state index is 0. The molecule has 14 heavy (non-hydrogen) atoms. The molecule has 0 fully saturated rings. The summed E-state index contributed by atoms with van der Waals surface area (Å²) >= 11 is 0. The molecule has 2 rings (SSSR count). The number of aromatic nitrogens is 1. The van der Waals surface area contributed by atoms with Crippen LogP contribution in [0.15, 0.2) is 18.2 Å². The van der Waals surface area contributed by atoms with E-state index in [0.29, 0.717) is 0 Å². The van der Waals surface area contributed by atoms with E-state index in [1.54, 1.807) is 0 Å². The predicted octanol–water partition coefficient (Wildman–Crippen LogP) is -3.41. The van der Waals surface area contributed by atoms with Gasteiger partial charge in [-0.25, -0.2) is 0 Å². The molecular formula is C10H10Cl2NZr. The van der Waals surface area contributed by atoms with E-state index >= 15 is 0 Å². The molecule has 0 atom stereocenters. The molecule has 1 heterocycles. The zero-order chi connectivity index (χ0) is 7.84. The van der Waals surface area contributed by atoms with Gasteiger partial charge in [-0.15, -0.1) is 28.7 Å². The Morgan fingerprint density at radius 2 is 1.79 bits per heavy atom. The Kier molecular flexibility index (Phi) is 7.92. The summed E-state index contributed by atoms with van der Waals surface area (Å²) in [6.45, 7) is 4.20. The maximum Gasteiger partial charge on any atom is 3.00 e. The van der Waals surface area contributed by atoms with E-state index in [1.807, 2.05) is 0 Å². The van der Waals surface area contributed by atoms with Crippen LogP contribution in [-0.2, 0) is 26.2 Å². The minimum atomic E-state index is 0. The molecule has 0 amide bonds. The first kappa shape index (κ1) is 16.6. The molecule has 0 aliphatic heterocycles. The molecule has 4 heteroatoms. The zero-order valence-electron chi connectivity index (χ0n) is 7.99. The number of aromatic amines is 1. The third-order valence-corrected chi connectivity index (χ3v) is 2.03. The second kappa shape index (κ2) is 6.66. The third kappa shape index (κ3) is 2.85. The Bertz CT molecular complexity index is 398. The summed E-state index contributed by atoms with van der Waals surface area (Å²) in [4.78, 5) is 3.10. The van der Waals surface area contributed by atoms with Gasteiger partial charge in [-0.05, 0) is 0 Å². The first-order valence-corrected chi connectivity index (χ1v) is 3.74. The Hall–Kier alpha value is 0.223. The Morgan fingerprint density at radius 3 is 2.36 bits per heavy atom. The van der Waals surface area contributed by atoms with Gasteiger partial charge in [0.05, 0.1) is 0 Å². The Morgan fingerprint density at radius 1 is 1.14 bits per heavy atom. The molecule has 2 aromatic rings. The van der Waals surface area contributed by atoms with Crippen molar-refractivity contribution in [3.63, 3.8) is 0 Å². The van der Waals surface area contributed by atoms with Gasteiger partial charge in [-0.3, -0.25) is 0 Å². The van der Waals surface area contributed by atoms with Gasteiger partial charge in [-0.1, -0.05) is 26.0 Å². The average molecular weight is 306 g/mol. The maximum absolute atomic E-state index is 3.10. The summed E-state index contributed by atoms with van der Waals surface area (Å²) in [5.74, 6) is 0. The van der Waals surface area contributed by atoms with Gasteiger partial charge in [0, 0.05) is 0 Å². The van der Waals surface area contributed by atoms with Crippen molar-refractivity contribution in [1.29, 1.82) is 0 Å². The van der Waals surface area contributed by atoms with Gasteiger partial charge >= 0.3 is 26.2 Å². The van der Waals surface area contributed by atoms with Crippen molar-refractivity contribution < 1.29 is 51.0 Å². The van der Waals surface area contributed by atoms with E-state index in [1.165, 1.54) is 22.0 Å². The molecule has 0 aliphatic rings. The first-order valence-electron chi connectivity index (χ1n) is 3.74. The normalized spacial score (nSPS) is 8.43. The van der Waals surface area contributed by atoms with Gasteiger partial charge in [0.25, 0.3) is 0 Å². The van der Waals surface area contributed by atoms with Crippen molar-refractivity contribution in [3.05, 3.63) is 35.5 Å². The number of hydrogen-bond acceptors (Lipinski definition) is 0. The van der Waals surface area contributed by atoms with Crippen molar-refractivity contribution in [2.24, 2.45) is 0 Å². The molecule has 1 radical (unpaired) electrons. The van der Waals surface area contributed by atoms with Crippen LogP contribution in [0.3, 0.4) is 0 Å². The molecule has 1 nitrogen and oxygen atoms in total. The van der Waals surface area contributed by atoms with Crippen LogP contribution in [0, 0.1) is 20.0 Å². The third-order valence-electron chi connectivity index (χ3n) is 2.03. The van der Waals surface area contributed by atoms with Crippen LogP contribution in [0.25, 0.3) is 10.9 Å². The molecule has 0 saturated carbocycles.